The van der Waals surface area contributed by atoms with E-state index in [0.29, 0.717) is 24.5 Å². The molecule has 1 heterocycles. The molecular weight excluding hydrogens is 292 g/mol. The molecule has 0 unspecified atom stereocenters. The Balaban J connectivity index is 1.84. The number of nitrogens with zero attached hydrogens (tertiary/aromatic N) is 2. The van der Waals surface area contributed by atoms with E-state index in [0.717, 1.165) is 24.3 Å². The number of anilines is 1. The minimum absolute atomic E-state index is 0.227. The molecule has 122 valence electrons. The molecule has 2 rings (SSSR count). The van der Waals surface area contributed by atoms with Crippen LogP contribution >= 0.6 is 0 Å². The third kappa shape index (κ3) is 4.95. The van der Waals surface area contributed by atoms with Crippen molar-refractivity contribution in [2.24, 2.45) is 0 Å². The Labute approximate surface area is 136 Å². The van der Waals surface area contributed by atoms with E-state index in [4.69, 9.17) is 4.74 Å². The van der Waals surface area contributed by atoms with E-state index in [1.807, 2.05) is 24.3 Å². The lowest BCUT2D eigenvalue weighted by atomic mass is 10.1. The summed E-state index contributed by atoms with van der Waals surface area (Å²) in [6.07, 6.45) is 1.70. The number of rotatable bonds is 8. The van der Waals surface area contributed by atoms with Crippen molar-refractivity contribution in [2.75, 3.05) is 25.5 Å². The van der Waals surface area contributed by atoms with Crippen molar-refractivity contribution in [3.63, 3.8) is 0 Å². The highest BCUT2D eigenvalue weighted by atomic mass is 16.5. The minimum Gasteiger partial charge on any atom is -0.496 e. The van der Waals surface area contributed by atoms with Crippen molar-refractivity contribution in [3.05, 3.63) is 47.7 Å². The molecule has 2 N–H and O–H groups in total. The zero-order valence-corrected chi connectivity index (χ0v) is 13.5. The van der Waals surface area contributed by atoms with Crippen LogP contribution in [0.5, 0.6) is 5.75 Å². The first-order valence-corrected chi connectivity index (χ1v) is 7.72. The molecule has 2 aromatic rings. The van der Waals surface area contributed by atoms with Gasteiger partial charge in [-0.2, -0.15) is 0 Å². The van der Waals surface area contributed by atoms with Crippen LogP contribution in [0, 0.1) is 0 Å². The summed E-state index contributed by atoms with van der Waals surface area (Å²) in [6.45, 7) is 3.42. The average molecular weight is 314 g/mol. The molecule has 0 fully saturated rings. The highest BCUT2D eigenvalue weighted by molar-refractivity contribution is 5.92. The molecule has 0 radical (unpaired) electrons. The Morgan fingerprint density at radius 1 is 1.13 bits per heavy atom. The molecule has 0 bridgehead atoms. The van der Waals surface area contributed by atoms with Gasteiger partial charge < -0.3 is 15.4 Å². The molecule has 0 atom stereocenters. The molecule has 23 heavy (non-hydrogen) atoms. The topological polar surface area (TPSA) is 76.1 Å². The number of methoxy groups -OCH3 is 1. The predicted octanol–water partition coefficient (Wildman–Crippen LogP) is 2.28. The number of amides is 1. The summed E-state index contributed by atoms with van der Waals surface area (Å²) in [7, 11) is 1.64. The summed E-state index contributed by atoms with van der Waals surface area (Å²) < 4.78 is 5.29. The smallest absolute Gasteiger partial charge is 0.271 e. The molecule has 1 amide bonds. The monoisotopic (exact) mass is 314 g/mol. The Morgan fingerprint density at radius 2 is 1.96 bits per heavy atom. The number of aromatic nitrogens is 2. The second kappa shape index (κ2) is 8.73. The van der Waals surface area contributed by atoms with Gasteiger partial charge >= 0.3 is 0 Å². The first-order valence-electron chi connectivity index (χ1n) is 7.72. The lowest BCUT2D eigenvalue weighted by Gasteiger charge is -2.09. The van der Waals surface area contributed by atoms with Crippen molar-refractivity contribution >= 4 is 11.7 Å². The van der Waals surface area contributed by atoms with Crippen LogP contribution in [-0.4, -0.2) is 36.3 Å². The van der Waals surface area contributed by atoms with Crippen molar-refractivity contribution < 1.29 is 9.53 Å². The Kier molecular flexibility index (Phi) is 6.35. The molecular formula is C17H22N4O2. The third-order valence-corrected chi connectivity index (χ3v) is 3.33. The molecule has 6 heteroatoms. The SMILES string of the molecule is CCCNc1ccc(C(=O)NCCc2ccccc2OC)nn1. The Hall–Kier alpha value is -2.63. The van der Waals surface area contributed by atoms with Gasteiger partial charge in [0.25, 0.3) is 5.91 Å². The van der Waals surface area contributed by atoms with Gasteiger partial charge in [0, 0.05) is 13.1 Å². The molecule has 0 aliphatic rings. The standard InChI is InChI=1S/C17H22N4O2/c1-3-11-18-16-9-8-14(20-21-16)17(22)19-12-10-13-6-4-5-7-15(13)23-2/h4-9H,3,10-12H2,1-2H3,(H,18,21)(H,19,22). The quantitative estimate of drug-likeness (QED) is 0.782. The fourth-order valence-electron chi connectivity index (χ4n) is 2.11. The second-order valence-electron chi connectivity index (χ2n) is 5.05. The molecule has 0 saturated heterocycles. The van der Waals surface area contributed by atoms with Crippen LogP contribution in [0.25, 0.3) is 0 Å². The van der Waals surface area contributed by atoms with Crippen molar-refractivity contribution in [1.82, 2.24) is 15.5 Å². The van der Waals surface area contributed by atoms with Gasteiger partial charge in [0.1, 0.15) is 11.6 Å². The Bertz CT molecular complexity index is 629. The number of hydrogen-bond acceptors (Lipinski definition) is 5. The number of nitrogens with one attached hydrogen (secondary N) is 2. The van der Waals surface area contributed by atoms with E-state index in [-0.39, 0.29) is 5.91 Å². The summed E-state index contributed by atoms with van der Waals surface area (Å²) in [5.74, 6) is 1.28. The van der Waals surface area contributed by atoms with Gasteiger partial charge in [-0.1, -0.05) is 25.1 Å². The maximum Gasteiger partial charge on any atom is 0.271 e. The summed E-state index contributed by atoms with van der Waals surface area (Å²) in [4.78, 5) is 12.0. The first-order chi connectivity index (χ1) is 11.2. The van der Waals surface area contributed by atoms with Crippen molar-refractivity contribution in [2.45, 2.75) is 19.8 Å². The van der Waals surface area contributed by atoms with Gasteiger partial charge in [-0.25, -0.2) is 0 Å². The van der Waals surface area contributed by atoms with E-state index in [2.05, 4.69) is 27.8 Å². The predicted molar refractivity (Wildman–Crippen MR) is 89.8 cm³/mol. The maximum atomic E-state index is 12.0. The number of carbonyl (C=O) groups is 1. The molecule has 1 aromatic heterocycles. The number of hydrogen-bond donors (Lipinski definition) is 2. The lowest BCUT2D eigenvalue weighted by Crippen LogP contribution is -2.27. The van der Waals surface area contributed by atoms with Gasteiger partial charge in [0.05, 0.1) is 7.11 Å². The van der Waals surface area contributed by atoms with Crippen LogP contribution < -0.4 is 15.4 Å². The maximum absolute atomic E-state index is 12.0. The summed E-state index contributed by atoms with van der Waals surface area (Å²) in [5, 5.41) is 13.9. The fourth-order valence-corrected chi connectivity index (χ4v) is 2.11. The van der Waals surface area contributed by atoms with Gasteiger partial charge in [-0.05, 0) is 36.6 Å². The highest BCUT2D eigenvalue weighted by Gasteiger charge is 2.08. The summed E-state index contributed by atoms with van der Waals surface area (Å²) in [5.41, 5.74) is 1.37. The van der Waals surface area contributed by atoms with Crippen LogP contribution in [0.1, 0.15) is 29.4 Å². The summed E-state index contributed by atoms with van der Waals surface area (Å²) >= 11 is 0. The van der Waals surface area contributed by atoms with Gasteiger partial charge in [-0.3, -0.25) is 4.79 Å². The molecule has 1 aromatic carbocycles. The minimum atomic E-state index is -0.227. The average Bonchev–Trinajstić information content (AvgIpc) is 2.60. The number of benzene rings is 1. The first kappa shape index (κ1) is 16.7. The normalized spacial score (nSPS) is 10.2. The van der Waals surface area contributed by atoms with Crippen LogP contribution in [0.15, 0.2) is 36.4 Å². The summed E-state index contributed by atoms with van der Waals surface area (Å²) in [6, 6.07) is 11.2. The molecule has 6 nitrogen and oxygen atoms in total. The van der Waals surface area contributed by atoms with Crippen molar-refractivity contribution in [1.29, 1.82) is 0 Å². The van der Waals surface area contributed by atoms with E-state index < -0.39 is 0 Å². The molecule has 0 aliphatic heterocycles. The van der Waals surface area contributed by atoms with E-state index in [9.17, 15) is 4.79 Å². The van der Waals surface area contributed by atoms with Crippen molar-refractivity contribution in [3.8, 4) is 5.75 Å². The van der Waals surface area contributed by atoms with E-state index in [1.165, 1.54) is 0 Å². The van der Waals surface area contributed by atoms with E-state index in [1.54, 1.807) is 19.2 Å². The highest BCUT2D eigenvalue weighted by Crippen LogP contribution is 2.17. The van der Waals surface area contributed by atoms with Gasteiger partial charge in [0.2, 0.25) is 0 Å². The van der Waals surface area contributed by atoms with Crippen LogP contribution in [0.3, 0.4) is 0 Å². The molecule has 0 saturated carbocycles. The number of ether oxygens (including phenoxy) is 1. The largest absolute Gasteiger partial charge is 0.496 e. The lowest BCUT2D eigenvalue weighted by molar-refractivity contribution is 0.0948. The fraction of sp³-hybridized carbons (Fsp3) is 0.353. The molecule has 0 aliphatic carbocycles. The van der Waals surface area contributed by atoms with Gasteiger partial charge in [-0.15, -0.1) is 10.2 Å². The van der Waals surface area contributed by atoms with Crippen LogP contribution in [0.2, 0.25) is 0 Å². The third-order valence-electron chi connectivity index (χ3n) is 3.33. The van der Waals surface area contributed by atoms with Crippen LogP contribution in [-0.2, 0) is 6.42 Å². The van der Waals surface area contributed by atoms with E-state index >= 15 is 0 Å². The molecule has 0 spiro atoms. The Morgan fingerprint density at radius 3 is 2.65 bits per heavy atom. The van der Waals surface area contributed by atoms with Crippen LogP contribution in [0.4, 0.5) is 5.82 Å². The number of carbonyl (C=O) groups excluding carboxylic acids is 1. The zero-order chi connectivity index (χ0) is 16.5. The van der Waals surface area contributed by atoms with Gasteiger partial charge in [0.15, 0.2) is 5.69 Å². The second-order valence-corrected chi connectivity index (χ2v) is 5.05. The number of para-hydroxylation sites is 1. The zero-order valence-electron chi connectivity index (χ0n) is 13.5.